The highest BCUT2D eigenvalue weighted by Gasteiger charge is 2.18. The minimum Gasteiger partial charge on any atom is -0.508 e. The molecule has 1 unspecified atom stereocenters. The zero-order valence-electron chi connectivity index (χ0n) is 9.17. The maximum atomic E-state index is 11.5. The van der Waals surface area contributed by atoms with E-state index in [1.54, 1.807) is 12.1 Å². The fraction of sp³-hybridized carbons (Fsp3) is 0.364. The number of nitrogens with one attached hydrogen (secondary N) is 1. The third-order valence-electron chi connectivity index (χ3n) is 2.21. The van der Waals surface area contributed by atoms with Gasteiger partial charge in [-0.1, -0.05) is 17.3 Å². The van der Waals surface area contributed by atoms with E-state index in [2.05, 4.69) is 23.1 Å². The number of nitroso groups, excluding NO2 is 1. The van der Waals surface area contributed by atoms with Crippen molar-refractivity contribution in [1.29, 1.82) is 0 Å². The van der Waals surface area contributed by atoms with Crippen LogP contribution in [-0.4, -0.2) is 29.4 Å². The smallest absolute Gasteiger partial charge is 0.248 e. The number of hydrogen-bond donors (Lipinski definition) is 3. The van der Waals surface area contributed by atoms with Gasteiger partial charge < -0.3 is 10.4 Å². The Morgan fingerprint density at radius 1 is 1.41 bits per heavy atom. The number of phenolic OH excluding ortho intramolecular Hbond substituents is 1. The van der Waals surface area contributed by atoms with E-state index in [1.165, 1.54) is 12.1 Å². The minimum atomic E-state index is -0.945. The highest BCUT2D eigenvalue weighted by atomic mass is 32.1. The van der Waals surface area contributed by atoms with Crippen molar-refractivity contribution in [2.24, 2.45) is 5.18 Å². The van der Waals surface area contributed by atoms with Gasteiger partial charge in [0.15, 0.2) is 6.04 Å². The lowest BCUT2D eigenvalue weighted by Gasteiger charge is -2.09. The second-order valence-corrected chi connectivity index (χ2v) is 3.95. The van der Waals surface area contributed by atoms with Gasteiger partial charge in [-0.05, 0) is 17.7 Å². The number of rotatable bonds is 6. The molecule has 1 amide bonds. The van der Waals surface area contributed by atoms with Crippen LogP contribution in [0.2, 0.25) is 0 Å². The molecule has 1 aromatic rings. The fourth-order valence-electron chi connectivity index (χ4n) is 1.33. The molecule has 17 heavy (non-hydrogen) atoms. The number of thiol groups is 1. The molecule has 0 bridgehead atoms. The summed E-state index contributed by atoms with van der Waals surface area (Å²) in [6.07, 6.45) is 0.224. The second-order valence-electron chi connectivity index (χ2n) is 3.51. The van der Waals surface area contributed by atoms with Gasteiger partial charge in [0, 0.05) is 18.7 Å². The SMILES string of the molecule is O=NC(Cc1ccc(O)cc1)C(=O)NCCS. The van der Waals surface area contributed by atoms with Crippen LogP contribution in [0.15, 0.2) is 29.4 Å². The molecule has 0 spiro atoms. The Morgan fingerprint density at radius 3 is 2.59 bits per heavy atom. The molecule has 0 aliphatic rings. The summed E-state index contributed by atoms with van der Waals surface area (Å²) >= 11 is 3.95. The zero-order chi connectivity index (χ0) is 12.7. The summed E-state index contributed by atoms with van der Waals surface area (Å²) in [4.78, 5) is 22.1. The van der Waals surface area contributed by atoms with Gasteiger partial charge in [-0.3, -0.25) is 4.79 Å². The van der Waals surface area contributed by atoms with Gasteiger partial charge in [0.25, 0.3) is 0 Å². The van der Waals surface area contributed by atoms with Crippen molar-refractivity contribution >= 4 is 18.5 Å². The van der Waals surface area contributed by atoms with Crippen LogP contribution in [0.25, 0.3) is 0 Å². The van der Waals surface area contributed by atoms with Crippen molar-refractivity contribution < 1.29 is 9.90 Å². The van der Waals surface area contributed by atoms with Crippen molar-refractivity contribution in [2.75, 3.05) is 12.3 Å². The summed E-state index contributed by atoms with van der Waals surface area (Å²) in [6.45, 7) is 0.406. The summed E-state index contributed by atoms with van der Waals surface area (Å²) in [5.74, 6) is 0.252. The Morgan fingerprint density at radius 2 is 2.06 bits per heavy atom. The van der Waals surface area contributed by atoms with E-state index < -0.39 is 11.9 Å². The van der Waals surface area contributed by atoms with E-state index in [4.69, 9.17) is 5.11 Å². The number of carbonyl (C=O) groups excluding carboxylic acids is 1. The molecule has 0 radical (unpaired) electrons. The van der Waals surface area contributed by atoms with Gasteiger partial charge >= 0.3 is 0 Å². The minimum absolute atomic E-state index is 0.142. The molecule has 1 rings (SSSR count). The molecule has 1 aromatic carbocycles. The molecule has 0 aliphatic heterocycles. The van der Waals surface area contributed by atoms with E-state index in [-0.39, 0.29) is 12.2 Å². The van der Waals surface area contributed by atoms with Crippen molar-refractivity contribution in [2.45, 2.75) is 12.5 Å². The van der Waals surface area contributed by atoms with Gasteiger partial charge in [0.1, 0.15) is 5.75 Å². The van der Waals surface area contributed by atoms with Crippen LogP contribution in [-0.2, 0) is 11.2 Å². The summed E-state index contributed by atoms with van der Waals surface area (Å²) in [5.41, 5.74) is 0.772. The van der Waals surface area contributed by atoms with Crippen LogP contribution < -0.4 is 5.32 Å². The Kier molecular flexibility index (Phi) is 5.48. The van der Waals surface area contributed by atoms with E-state index >= 15 is 0 Å². The Hall–Kier alpha value is -1.56. The summed E-state index contributed by atoms with van der Waals surface area (Å²) < 4.78 is 0. The first-order chi connectivity index (χ1) is 8.17. The average Bonchev–Trinajstić information content (AvgIpc) is 2.35. The lowest BCUT2D eigenvalue weighted by molar-refractivity contribution is -0.122. The van der Waals surface area contributed by atoms with Gasteiger partial charge in [0.05, 0.1) is 0 Å². The van der Waals surface area contributed by atoms with E-state index in [9.17, 15) is 9.70 Å². The van der Waals surface area contributed by atoms with Crippen LogP contribution in [0, 0.1) is 4.91 Å². The number of nitrogens with zero attached hydrogens (tertiary/aromatic N) is 1. The van der Waals surface area contributed by atoms with Crippen LogP contribution in [0.4, 0.5) is 0 Å². The molecule has 6 heteroatoms. The summed E-state index contributed by atoms with van der Waals surface area (Å²) in [7, 11) is 0. The molecule has 0 fully saturated rings. The Labute approximate surface area is 105 Å². The van der Waals surface area contributed by atoms with E-state index in [0.717, 1.165) is 5.56 Å². The highest BCUT2D eigenvalue weighted by Crippen LogP contribution is 2.12. The molecule has 0 aliphatic carbocycles. The number of amides is 1. The van der Waals surface area contributed by atoms with Crippen molar-refractivity contribution in [3.63, 3.8) is 0 Å². The zero-order valence-corrected chi connectivity index (χ0v) is 10.1. The Balaban J connectivity index is 2.60. The van der Waals surface area contributed by atoms with Gasteiger partial charge in [0.2, 0.25) is 5.91 Å². The molecule has 1 atom stereocenters. The quantitative estimate of drug-likeness (QED) is 0.525. The van der Waals surface area contributed by atoms with Crippen LogP contribution in [0.1, 0.15) is 5.56 Å². The largest absolute Gasteiger partial charge is 0.508 e. The topological polar surface area (TPSA) is 78.8 Å². The van der Waals surface area contributed by atoms with Gasteiger partial charge in [-0.15, -0.1) is 4.91 Å². The predicted molar refractivity (Wildman–Crippen MR) is 68.3 cm³/mol. The maximum Gasteiger partial charge on any atom is 0.248 e. The van der Waals surface area contributed by atoms with Crippen LogP contribution in [0.3, 0.4) is 0 Å². The highest BCUT2D eigenvalue weighted by molar-refractivity contribution is 7.80. The second kappa shape index (κ2) is 6.90. The van der Waals surface area contributed by atoms with E-state index in [1.807, 2.05) is 0 Å². The van der Waals surface area contributed by atoms with Crippen molar-refractivity contribution in [3.8, 4) is 5.75 Å². The maximum absolute atomic E-state index is 11.5. The number of benzene rings is 1. The first-order valence-corrected chi connectivity index (χ1v) is 5.79. The molecule has 92 valence electrons. The lowest BCUT2D eigenvalue weighted by atomic mass is 10.1. The average molecular weight is 254 g/mol. The summed E-state index contributed by atoms with van der Waals surface area (Å²) in [6, 6.07) is 5.37. The molecule has 2 N–H and O–H groups in total. The van der Waals surface area contributed by atoms with Crippen LogP contribution in [0.5, 0.6) is 5.75 Å². The first kappa shape index (κ1) is 13.5. The number of phenols is 1. The molecular formula is C11H14N2O3S. The summed E-state index contributed by atoms with van der Waals surface area (Å²) in [5, 5.41) is 14.5. The van der Waals surface area contributed by atoms with Crippen molar-refractivity contribution in [3.05, 3.63) is 34.7 Å². The Bertz CT molecular complexity index is 381. The molecular weight excluding hydrogens is 240 g/mol. The standard InChI is InChI=1S/C11H14N2O3S/c14-9-3-1-8(2-4-9)7-10(13-16)11(15)12-5-6-17/h1-4,10,14,17H,5-7H2,(H,12,15). The van der Waals surface area contributed by atoms with Crippen molar-refractivity contribution in [1.82, 2.24) is 5.32 Å². The predicted octanol–water partition coefficient (Wildman–Crippen LogP) is 1.12. The number of aromatic hydroxyl groups is 1. The number of carbonyl (C=O) groups is 1. The molecule has 0 saturated heterocycles. The number of hydrogen-bond acceptors (Lipinski definition) is 5. The van der Waals surface area contributed by atoms with Crippen LogP contribution >= 0.6 is 12.6 Å². The molecule has 0 aromatic heterocycles. The normalized spacial score (nSPS) is 11.8. The van der Waals surface area contributed by atoms with Gasteiger partial charge in [-0.25, -0.2) is 0 Å². The monoisotopic (exact) mass is 254 g/mol. The molecule has 5 nitrogen and oxygen atoms in total. The van der Waals surface area contributed by atoms with Gasteiger partial charge in [-0.2, -0.15) is 12.6 Å². The first-order valence-electron chi connectivity index (χ1n) is 5.16. The fourth-order valence-corrected chi connectivity index (χ4v) is 1.44. The lowest BCUT2D eigenvalue weighted by Crippen LogP contribution is -2.35. The third-order valence-corrected chi connectivity index (χ3v) is 2.43. The molecule has 0 saturated carbocycles. The van der Waals surface area contributed by atoms with E-state index in [0.29, 0.717) is 12.3 Å². The molecule has 0 heterocycles. The third kappa shape index (κ3) is 4.44.